The Balaban J connectivity index is 3.43. The Kier molecular flexibility index (Phi) is 4.17. The van der Waals surface area contributed by atoms with E-state index in [1.165, 1.54) is 0 Å². The molecule has 0 aliphatic heterocycles. The zero-order valence-corrected chi connectivity index (χ0v) is 9.58. The summed E-state index contributed by atoms with van der Waals surface area (Å²) in [6, 6.07) is 0. The minimum atomic E-state index is -5.09. The molecule has 0 saturated heterocycles. The number of alkyl halides is 4. The smallest absolute Gasteiger partial charge is 0.491 e. The average molecular weight is 287 g/mol. The fourth-order valence-corrected chi connectivity index (χ4v) is 1.34. The summed E-state index contributed by atoms with van der Waals surface area (Å²) in [6.07, 6.45) is -4.47. The summed E-state index contributed by atoms with van der Waals surface area (Å²) >= 11 is 5.44. The van der Waals surface area contributed by atoms with Crippen LogP contribution in [0.15, 0.2) is 6.20 Å². The molecule has 0 aliphatic carbocycles. The fourth-order valence-electron chi connectivity index (χ4n) is 1.15. The van der Waals surface area contributed by atoms with E-state index in [0.717, 1.165) is 7.11 Å². The van der Waals surface area contributed by atoms with Crippen molar-refractivity contribution in [2.24, 2.45) is 0 Å². The van der Waals surface area contributed by atoms with Crippen molar-refractivity contribution in [3.05, 3.63) is 22.0 Å². The molecule has 18 heavy (non-hydrogen) atoms. The van der Waals surface area contributed by atoms with Gasteiger partial charge in [0.25, 0.3) is 5.75 Å². The second-order valence-corrected chi connectivity index (χ2v) is 3.16. The quantitative estimate of drug-likeness (QED) is 0.483. The third-order valence-electron chi connectivity index (χ3n) is 1.79. The maximum Gasteiger partial charge on any atom is 0.573 e. The van der Waals surface area contributed by atoms with Crippen LogP contribution in [0.1, 0.15) is 5.69 Å². The van der Waals surface area contributed by atoms with Crippen LogP contribution >= 0.6 is 11.6 Å². The minimum Gasteiger partial charge on any atom is -0.491 e. The van der Waals surface area contributed by atoms with E-state index in [4.69, 9.17) is 11.6 Å². The average Bonchev–Trinajstić information content (AvgIpc) is 2.25. The second kappa shape index (κ2) is 5.25. The lowest BCUT2D eigenvalue weighted by molar-refractivity contribution is -0.389. The molecule has 6 nitrogen and oxygen atoms in total. The SMILES string of the molecule is COc1c(CCl)ncc([N+](=O)[O-])c1OC(F)(F)F. The number of rotatable bonds is 4. The molecule has 1 aromatic rings. The molecule has 1 aromatic heterocycles. The van der Waals surface area contributed by atoms with Crippen molar-refractivity contribution < 1.29 is 27.6 Å². The molecule has 0 saturated carbocycles. The molecular formula is C8H6ClF3N2O4. The van der Waals surface area contributed by atoms with Crippen LogP contribution in [0, 0.1) is 10.1 Å². The van der Waals surface area contributed by atoms with Crippen LogP contribution in [0.5, 0.6) is 11.5 Å². The number of aromatic nitrogens is 1. The van der Waals surface area contributed by atoms with Gasteiger partial charge in [0.15, 0.2) is 5.75 Å². The first kappa shape index (κ1) is 14.3. The van der Waals surface area contributed by atoms with Crippen LogP contribution < -0.4 is 9.47 Å². The van der Waals surface area contributed by atoms with E-state index in [9.17, 15) is 23.3 Å². The van der Waals surface area contributed by atoms with Gasteiger partial charge >= 0.3 is 12.0 Å². The number of halogens is 4. The van der Waals surface area contributed by atoms with Gasteiger partial charge in [-0.05, 0) is 0 Å². The Bertz CT molecular complexity index is 466. The normalized spacial score (nSPS) is 11.2. The number of hydrogen-bond donors (Lipinski definition) is 0. The van der Waals surface area contributed by atoms with Crippen molar-refractivity contribution in [3.63, 3.8) is 0 Å². The molecule has 0 atom stereocenters. The topological polar surface area (TPSA) is 74.5 Å². The lowest BCUT2D eigenvalue weighted by atomic mass is 10.3. The third kappa shape index (κ3) is 3.13. The highest BCUT2D eigenvalue weighted by atomic mass is 35.5. The summed E-state index contributed by atoms with van der Waals surface area (Å²) in [7, 11) is 1.03. The Morgan fingerprint density at radius 2 is 2.11 bits per heavy atom. The largest absolute Gasteiger partial charge is 0.573 e. The highest BCUT2D eigenvalue weighted by molar-refractivity contribution is 6.17. The molecule has 0 unspecified atom stereocenters. The van der Waals surface area contributed by atoms with Gasteiger partial charge in [-0.2, -0.15) is 0 Å². The Morgan fingerprint density at radius 3 is 2.50 bits per heavy atom. The predicted octanol–water partition coefficient (Wildman–Crippen LogP) is 2.64. The molecule has 0 spiro atoms. The maximum atomic E-state index is 12.2. The van der Waals surface area contributed by atoms with Gasteiger partial charge in [-0.1, -0.05) is 0 Å². The molecule has 0 aromatic carbocycles. The second-order valence-electron chi connectivity index (χ2n) is 2.89. The summed E-state index contributed by atoms with van der Waals surface area (Å²) in [6.45, 7) is 0. The molecule has 10 heteroatoms. The van der Waals surface area contributed by atoms with E-state index in [0.29, 0.717) is 6.20 Å². The van der Waals surface area contributed by atoms with Crippen LogP contribution in [-0.2, 0) is 5.88 Å². The summed E-state index contributed by atoms with van der Waals surface area (Å²) < 4.78 is 44.8. The predicted molar refractivity (Wildman–Crippen MR) is 53.7 cm³/mol. The molecule has 1 rings (SSSR count). The zero-order valence-electron chi connectivity index (χ0n) is 8.82. The van der Waals surface area contributed by atoms with E-state index in [1.54, 1.807) is 0 Å². The van der Waals surface area contributed by atoms with Crippen molar-refractivity contribution in [2.75, 3.05) is 7.11 Å². The zero-order chi connectivity index (χ0) is 13.9. The van der Waals surface area contributed by atoms with E-state index < -0.39 is 28.5 Å². The lowest BCUT2D eigenvalue weighted by Gasteiger charge is -2.13. The van der Waals surface area contributed by atoms with E-state index >= 15 is 0 Å². The number of methoxy groups -OCH3 is 1. The summed E-state index contributed by atoms with van der Waals surface area (Å²) in [5.74, 6) is -1.87. The van der Waals surface area contributed by atoms with Gasteiger partial charge in [-0.25, -0.2) is 4.98 Å². The van der Waals surface area contributed by atoms with Crippen molar-refractivity contribution >= 4 is 17.3 Å². The number of nitro groups is 1. The van der Waals surface area contributed by atoms with Crippen LogP contribution in [-0.4, -0.2) is 23.4 Å². The molecule has 100 valence electrons. The Morgan fingerprint density at radius 1 is 1.50 bits per heavy atom. The number of pyridine rings is 1. The minimum absolute atomic E-state index is 0.0935. The van der Waals surface area contributed by atoms with Crippen molar-refractivity contribution in [1.29, 1.82) is 0 Å². The molecular weight excluding hydrogens is 281 g/mol. The Labute approximate surface area is 103 Å². The van der Waals surface area contributed by atoms with Gasteiger partial charge in [-0.3, -0.25) is 10.1 Å². The lowest BCUT2D eigenvalue weighted by Crippen LogP contribution is -2.19. The van der Waals surface area contributed by atoms with Gasteiger partial charge in [0.2, 0.25) is 0 Å². The Hall–Kier alpha value is -1.77. The van der Waals surface area contributed by atoms with Crippen molar-refractivity contribution in [2.45, 2.75) is 12.2 Å². The van der Waals surface area contributed by atoms with Crippen molar-refractivity contribution in [3.8, 4) is 11.5 Å². The first-order valence-corrected chi connectivity index (χ1v) is 4.85. The maximum absolute atomic E-state index is 12.2. The molecule has 0 radical (unpaired) electrons. The van der Waals surface area contributed by atoms with Gasteiger partial charge in [0.05, 0.1) is 17.9 Å². The monoisotopic (exact) mass is 286 g/mol. The van der Waals surface area contributed by atoms with E-state index in [-0.39, 0.29) is 11.6 Å². The fraction of sp³-hybridized carbons (Fsp3) is 0.375. The summed E-state index contributed by atoms with van der Waals surface area (Å²) in [5, 5.41) is 10.6. The van der Waals surface area contributed by atoms with E-state index in [1.807, 2.05) is 0 Å². The summed E-state index contributed by atoms with van der Waals surface area (Å²) in [4.78, 5) is 13.1. The van der Waals surface area contributed by atoms with Crippen LogP contribution in [0.25, 0.3) is 0 Å². The van der Waals surface area contributed by atoms with Gasteiger partial charge < -0.3 is 9.47 Å². The molecule has 0 bridgehead atoms. The molecule has 0 aliphatic rings. The van der Waals surface area contributed by atoms with Gasteiger partial charge in [0, 0.05) is 0 Å². The summed E-state index contributed by atoms with van der Waals surface area (Å²) in [5.41, 5.74) is -1.05. The number of hydrogen-bond acceptors (Lipinski definition) is 5. The number of nitrogens with zero attached hydrogens (tertiary/aromatic N) is 2. The first-order valence-electron chi connectivity index (χ1n) is 4.32. The highest BCUT2D eigenvalue weighted by Gasteiger charge is 2.37. The van der Waals surface area contributed by atoms with Crippen LogP contribution in [0.3, 0.4) is 0 Å². The number of ether oxygens (including phenoxy) is 2. The standard InChI is InChI=1S/C8H6ClF3N2O4/c1-17-6-4(2-9)13-3-5(14(15)16)7(6)18-8(10,11)12/h3H,2H2,1H3. The van der Waals surface area contributed by atoms with Gasteiger partial charge in [0.1, 0.15) is 11.9 Å². The van der Waals surface area contributed by atoms with Crippen molar-refractivity contribution in [1.82, 2.24) is 4.98 Å². The first-order chi connectivity index (χ1) is 8.30. The third-order valence-corrected chi connectivity index (χ3v) is 2.04. The molecule has 0 amide bonds. The van der Waals surface area contributed by atoms with E-state index in [2.05, 4.69) is 14.5 Å². The molecule has 1 heterocycles. The highest BCUT2D eigenvalue weighted by Crippen LogP contribution is 2.41. The molecule has 0 fully saturated rings. The van der Waals surface area contributed by atoms with Gasteiger partial charge in [-0.15, -0.1) is 24.8 Å². The molecule has 0 N–H and O–H groups in total. The van der Waals surface area contributed by atoms with Crippen LogP contribution in [0.2, 0.25) is 0 Å². The van der Waals surface area contributed by atoms with Crippen LogP contribution in [0.4, 0.5) is 18.9 Å².